The molecule has 0 spiro atoms. The van der Waals surface area contributed by atoms with Gasteiger partial charge in [0.15, 0.2) is 0 Å². The van der Waals surface area contributed by atoms with Gasteiger partial charge in [-0.25, -0.2) is 0 Å². The van der Waals surface area contributed by atoms with Crippen LogP contribution in [-0.4, -0.2) is 17.8 Å². The van der Waals surface area contributed by atoms with Crippen molar-refractivity contribution in [3.63, 3.8) is 0 Å². The Morgan fingerprint density at radius 1 is 1.53 bits per heavy atom. The molecule has 0 aromatic heterocycles. The smallest absolute Gasteiger partial charge is 0.0662 e. The number of aliphatic hydroxyl groups excluding tert-OH is 1. The lowest BCUT2D eigenvalue weighted by atomic mass is 10.2. The Bertz CT molecular complexity index is 319. The van der Waals surface area contributed by atoms with E-state index in [-0.39, 0.29) is 6.10 Å². The summed E-state index contributed by atoms with van der Waals surface area (Å²) in [4.78, 5) is 0. The van der Waals surface area contributed by atoms with Crippen LogP contribution in [-0.2, 0) is 6.54 Å². The monoisotopic (exact) mass is 291 g/mol. The SMILES string of the molecule is CCC(O)CNCc1ccc(Cl)c(Br)c1. The summed E-state index contributed by atoms with van der Waals surface area (Å²) >= 11 is 9.25. The molecule has 84 valence electrons. The highest BCUT2D eigenvalue weighted by molar-refractivity contribution is 9.10. The first kappa shape index (κ1) is 13.0. The fourth-order valence-electron chi connectivity index (χ4n) is 1.18. The van der Waals surface area contributed by atoms with Crippen LogP contribution in [0.2, 0.25) is 5.02 Å². The van der Waals surface area contributed by atoms with Crippen molar-refractivity contribution in [3.05, 3.63) is 33.3 Å². The standard InChI is InChI=1S/C11H15BrClNO/c1-2-9(15)7-14-6-8-3-4-11(13)10(12)5-8/h3-5,9,14-15H,2,6-7H2,1H3. The van der Waals surface area contributed by atoms with Crippen LogP contribution in [0.25, 0.3) is 0 Å². The lowest BCUT2D eigenvalue weighted by Gasteiger charge is -2.09. The van der Waals surface area contributed by atoms with Crippen LogP contribution in [0.1, 0.15) is 18.9 Å². The van der Waals surface area contributed by atoms with Gasteiger partial charge in [0.25, 0.3) is 0 Å². The van der Waals surface area contributed by atoms with Crippen LogP contribution in [0.4, 0.5) is 0 Å². The van der Waals surface area contributed by atoms with Crippen molar-refractivity contribution in [2.75, 3.05) is 6.54 Å². The van der Waals surface area contributed by atoms with Crippen molar-refractivity contribution < 1.29 is 5.11 Å². The molecule has 0 saturated heterocycles. The Labute approximate surface area is 104 Å². The van der Waals surface area contributed by atoms with Crippen molar-refractivity contribution >= 4 is 27.5 Å². The molecule has 1 unspecified atom stereocenters. The van der Waals surface area contributed by atoms with Crippen LogP contribution in [0.5, 0.6) is 0 Å². The second kappa shape index (κ2) is 6.48. The molecule has 1 rings (SSSR count). The zero-order valence-corrected chi connectivity index (χ0v) is 11.0. The maximum atomic E-state index is 9.34. The average Bonchev–Trinajstić information content (AvgIpc) is 2.23. The Morgan fingerprint density at radius 2 is 2.27 bits per heavy atom. The fourth-order valence-corrected chi connectivity index (χ4v) is 1.72. The Morgan fingerprint density at radius 3 is 2.87 bits per heavy atom. The third-order valence-electron chi connectivity index (χ3n) is 2.16. The second-order valence-electron chi connectivity index (χ2n) is 3.44. The van der Waals surface area contributed by atoms with Crippen LogP contribution in [0.15, 0.2) is 22.7 Å². The normalized spacial score (nSPS) is 12.8. The molecule has 0 radical (unpaired) electrons. The summed E-state index contributed by atoms with van der Waals surface area (Å²) in [6.45, 7) is 3.33. The summed E-state index contributed by atoms with van der Waals surface area (Å²) < 4.78 is 0.902. The van der Waals surface area contributed by atoms with E-state index in [0.717, 1.165) is 23.0 Å². The number of nitrogens with one attached hydrogen (secondary N) is 1. The summed E-state index contributed by atoms with van der Waals surface area (Å²) in [5.74, 6) is 0. The van der Waals surface area contributed by atoms with E-state index in [2.05, 4.69) is 21.2 Å². The highest BCUT2D eigenvalue weighted by Crippen LogP contribution is 2.22. The number of benzene rings is 1. The molecule has 15 heavy (non-hydrogen) atoms. The molecule has 2 nitrogen and oxygen atoms in total. The highest BCUT2D eigenvalue weighted by atomic mass is 79.9. The van der Waals surface area contributed by atoms with Gasteiger partial charge in [-0.3, -0.25) is 0 Å². The first-order valence-electron chi connectivity index (χ1n) is 4.96. The van der Waals surface area contributed by atoms with Crippen LogP contribution < -0.4 is 5.32 Å². The molecule has 4 heteroatoms. The minimum absolute atomic E-state index is 0.263. The van der Waals surface area contributed by atoms with Gasteiger partial charge in [-0.1, -0.05) is 24.6 Å². The minimum atomic E-state index is -0.263. The largest absolute Gasteiger partial charge is 0.392 e. The molecule has 0 aliphatic rings. The van der Waals surface area contributed by atoms with Crippen molar-refractivity contribution in [1.29, 1.82) is 0 Å². The predicted octanol–water partition coefficient (Wildman–Crippen LogP) is 2.96. The Balaban J connectivity index is 2.41. The first-order chi connectivity index (χ1) is 7.13. The predicted molar refractivity (Wildman–Crippen MR) is 67.2 cm³/mol. The summed E-state index contributed by atoms with van der Waals surface area (Å²) in [5, 5.41) is 13.2. The van der Waals surface area contributed by atoms with E-state index in [4.69, 9.17) is 11.6 Å². The molecule has 0 saturated carbocycles. The molecule has 0 heterocycles. The molecule has 0 fully saturated rings. The van der Waals surface area contributed by atoms with Crippen LogP contribution in [0.3, 0.4) is 0 Å². The minimum Gasteiger partial charge on any atom is -0.392 e. The average molecular weight is 293 g/mol. The van der Waals surface area contributed by atoms with Gasteiger partial charge in [-0.2, -0.15) is 0 Å². The van der Waals surface area contributed by atoms with Crippen LogP contribution in [0, 0.1) is 0 Å². The van der Waals surface area contributed by atoms with E-state index in [1.807, 2.05) is 25.1 Å². The molecular weight excluding hydrogens is 277 g/mol. The molecule has 0 aliphatic carbocycles. The molecule has 1 aromatic carbocycles. The lowest BCUT2D eigenvalue weighted by molar-refractivity contribution is 0.167. The van der Waals surface area contributed by atoms with Crippen molar-refractivity contribution in [3.8, 4) is 0 Å². The maximum Gasteiger partial charge on any atom is 0.0662 e. The number of hydrogen-bond donors (Lipinski definition) is 2. The van der Waals surface area contributed by atoms with Gasteiger partial charge in [0, 0.05) is 17.6 Å². The zero-order chi connectivity index (χ0) is 11.3. The first-order valence-corrected chi connectivity index (χ1v) is 6.13. The van der Waals surface area contributed by atoms with E-state index < -0.39 is 0 Å². The second-order valence-corrected chi connectivity index (χ2v) is 4.70. The van der Waals surface area contributed by atoms with E-state index in [1.165, 1.54) is 0 Å². The zero-order valence-electron chi connectivity index (χ0n) is 8.63. The molecular formula is C11H15BrClNO. The van der Waals surface area contributed by atoms with Crippen molar-refractivity contribution in [2.24, 2.45) is 0 Å². The van der Waals surface area contributed by atoms with E-state index >= 15 is 0 Å². The van der Waals surface area contributed by atoms with Crippen LogP contribution >= 0.6 is 27.5 Å². The third-order valence-corrected chi connectivity index (χ3v) is 3.38. The number of aliphatic hydroxyl groups is 1. The molecule has 0 amide bonds. The van der Waals surface area contributed by atoms with Crippen molar-refractivity contribution in [1.82, 2.24) is 5.32 Å². The Hall–Kier alpha value is -0.0900. The van der Waals surface area contributed by atoms with Crippen molar-refractivity contribution in [2.45, 2.75) is 26.0 Å². The van der Waals surface area contributed by atoms with E-state index in [0.29, 0.717) is 11.6 Å². The van der Waals surface area contributed by atoms with Gasteiger partial charge in [-0.15, -0.1) is 0 Å². The lowest BCUT2D eigenvalue weighted by Crippen LogP contribution is -2.25. The van der Waals surface area contributed by atoms with Gasteiger partial charge in [0.05, 0.1) is 11.1 Å². The van der Waals surface area contributed by atoms with Gasteiger partial charge >= 0.3 is 0 Å². The summed E-state index contributed by atoms with van der Waals surface area (Å²) in [6.07, 6.45) is 0.512. The van der Waals surface area contributed by atoms with Gasteiger partial charge in [0.2, 0.25) is 0 Å². The molecule has 1 atom stereocenters. The summed E-state index contributed by atoms with van der Waals surface area (Å²) in [7, 11) is 0. The molecule has 0 aliphatic heterocycles. The maximum absolute atomic E-state index is 9.34. The summed E-state index contributed by atoms with van der Waals surface area (Å²) in [5.41, 5.74) is 1.15. The third kappa shape index (κ3) is 4.51. The number of rotatable bonds is 5. The highest BCUT2D eigenvalue weighted by Gasteiger charge is 2.01. The van der Waals surface area contributed by atoms with E-state index in [1.54, 1.807) is 0 Å². The topological polar surface area (TPSA) is 32.3 Å². The van der Waals surface area contributed by atoms with Gasteiger partial charge < -0.3 is 10.4 Å². The molecule has 2 N–H and O–H groups in total. The quantitative estimate of drug-likeness (QED) is 0.874. The number of hydrogen-bond acceptors (Lipinski definition) is 2. The molecule has 0 bridgehead atoms. The van der Waals surface area contributed by atoms with Gasteiger partial charge in [0.1, 0.15) is 0 Å². The van der Waals surface area contributed by atoms with Gasteiger partial charge in [-0.05, 0) is 40.0 Å². The summed E-state index contributed by atoms with van der Waals surface area (Å²) in [6, 6.07) is 5.81. The fraction of sp³-hybridized carbons (Fsp3) is 0.455. The Kier molecular flexibility index (Phi) is 5.61. The molecule has 1 aromatic rings. The number of halogens is 2. The van der Waals surface area contributed by atoms with E-state index in [9.17, 15) is 5.11 Å².